The maximum Gasteiger partial charge on any atom is 0.325 e. The highest BCUT2D eigenvalue weighted by molar-refractivity contribution is 6.32. The SMILES string of the molecule is COc1ccc(NC(=O)CCC(=O)Nc2ccc3[nH]c(=O)[nH]c3n2)cc1Cl. The summed E-state index contributed by atoms with van der Waals surface area (Å²) in [6.07, 6.45) is -0.0438. The summed E-state index contributed by atoms with van der Waals surface area (Å²) in [7, 11) is 1.50. The zero-order valence-electron chi connectivity index (χ0n) is 14.3. The molecule has 4 N–H and O–H groups in total. The number of aromatic amines is 2. The lowest BCUT2D eigenvalue weighted by Gasteiger charge is -2.08. The van der Waals surface area contributed by atoms with Gasteiger partial charge in [-0.3, -0.25) is 14.6 Å². The van der Waals surface area contributed by atoms with Crippen LogP contribution in [0, 0.1) is 0 Å². The summed E-state index contributed by atoms with van der Waals surface area (Å²) in [5.74, 6) is 0.0831. The van der Waals surface area contributed by atoms with Crippen LogP contribution >= 0.6 is 11.6 Å². The fraction of sp³-hybridized carbons (Fsp3) is 0.176. The Morgan fingerprint density at radius 2 is 1.85 bits per heavy atom. The van der Waals surface area contributed by atoms with Crippen LogP contribution in [-0.2, 0) is 9.59 Å². The van der Waals surface area contributed by atoms with E-state index in [0.717, 1.165) is 0 Å². The van der Waals surface area contributed by atoms with Gasteiger partial charge in [-0.2, -0.15) is 0 Å². The number of amides is 2. The summed E-state index contributed by atoms with van der Waals surface area (Å²) in [6, 6.07) is 8.03. The van der Waals surface area contributed by atoms with Crippen molar-refractivity contribution in [3.63, 3.8) is 0 Å². The number of methoxy groups -OCH3 is 1. The number of carbonyl (C=O) groups is 2. The van der Waals surface area contributed by atoms with E-state index in [0.29, 0.717) is 27.6 Å². The molecule has 140 valence electrons. The molecule has 3 aromatic rings. The van der Waals surface area contributed by atoms with Gasteiger partial charge < -0.3 is 20.4 Å². The summed E-state index contributed by atoms with van der Waals surface area (Å²) in [4.78, 5) is 44.4. The topological polar surface area (TPSA) is 129 Å². The molecule has 2 amide bonds. The molecule has 0 fully saturated rings. The second kappa shape index (κ2) is 7.92. The number of aromatic nitrogens is 3. The minimum atomic E-state index is -0.378. The number of imidazole rings is 1. The van der Waals surface area contributed by atoms with E-state index in [1.807, 2.05) is 0 Å². The summed E-state index contributed by atoms with van der Waals surface area (Å²) in [5, 5.41) is 5.62. The molecule has 2 heterocycles. The number of nitrogens with one attached hydrogen (secondary N) is 4. The van der Waals surface area contributed by atoms with E-state index in [1.54, 1.807) is 30.3 Å². The molecule has 0 aliphatic rings. The molecule has 10 heteroatoms. The third-order valence-corrected chi connectivity index (χ3v) is 3.95. The molecule has 27 heavy (non-hydrogen) atoms. The molecule has 2 aromatic heterocycles. The van der Waals surface area contributed by atoms with Crippen molar-refractivity contribution in [2.45, 2.75) is 12.8 Å². The Kier molecular flexibility index (Phi) is 5.41. The number of anilines is 2. The Morgan fingerprint density at radius 1 is 1.11 bits per heavy atom. The molecule has 0 saturated heterocycles. The molecule has 3 rings (SSSR count). The van der Waals surface area contributed by atoms with E-state index in [4.69, 9.17) is 16.3 Å². The molecule has 0 spiro atoms. The molecule has 0 atom stereocenters. The van der Waals surface area contributed by atoms with Crippen LogP contribution in [0.2, 0.25) is 5.02 Å². The van der Waals surface area contributed by atoms with Crippen molar-refractivity contribution < 1.29 is 14.3 Å². The van der Waals surface area contributed by atoms with Gasteiger partial charge in [-0.05, 0) is 30.3 Å². The van der Waals surface area contributed by atoms with Gasteiger partial charge >= 0.3 is 5.69 Å². The van der Waals surface area contributed by atoms with Crippen molar-refractivity contribution >= 4 is 46.1 Å². The predicted octanol–water partition coefficient (Wildman–Crippen LogP) is 2.27. The molecule has 0 radical (unpaired) electrons. The summed E-state index contributed by atoms with van der Waals surface area (Å²) in [5.41, 5.74) is 1.01. The molecular formula is C17H16ClN5O4. The quantitative estimate of drug-likeness (QED) is 0.514. The van der Waals surface area contributed by atoms with Crippen molar-refractivity contribution in [3.8, 4) is 5.75 Å². The fourth-order valence-corrected chi connectivity index (χ4v) is 2.64. The fourth-order valence-electron chi connectivity index (χ4n) is 2.39. The summed E-state index contributed by atoms with van der Waals surface area (Å²) >= 11 is 6.00. The number of halogens is 1. The minimum Gasteiger partial charge on any atom is -0.495 e. The lowest BCUT2D eigenvalue weighted by atomic mass is 10.2. The average molecular weight is 390 g/mol. The molecule has 0 aliphatic carbocycles. The zero-order valence-corrected chi connectivity index (χ0v) is 15.0. The van der Waals surface area contributed by atoms with Crippen molar-refractivity contribution in [2.24, 2.45) is 0 Å². The van der Waals surface area contributed by atoms with Crippen LogP contribution in [0.25, 0.3) is 11.2 Å². The lowest BCUT2D eigenvalue weighted by molar-refractivity contribution is -0.121. The number of nitrogens with zero attached hydrogens (tertiary/aromatic N) is 1. The summed E-state index contributed by atoms with van der Waals surface area (Å²) in [6.45, 7) is 0. The highest BCUT2D eigenvalue weighted by Crippen LogP contribution is 2.27. The van der Waals surface area contributed by atoms with Gasteiger partial charge in [0, 0.05) is 18.5 Å². The molecule has 0 unspecified atom stereocenters. The van der Waals surface area contributed by atoms with Crippen LogP contribution in [0.3, 0.4) is 0 Å². The highest BCUT2D eigenvalue weighted by atomic mass is 35.5. The number of hydrogen-bond donors (Lipinski definition) is 4. The van der Waals surface area contributed by atoms with Crippen molar-refractivity contribution in [1.29, 1.82) is 0 Å². The van der Waals surface area contributed by atoms with E-state index in [-0.39, 0.29) is 36.2 Å². The van der Waals surface area contributed by atoms with Crippen molar-refractivity contribution in [3.05, 3.63) is 45.8 Å². The number of benzene rings is 1. The molecular weight excluding hydrogens is 374 g/mol. The van der Waals surface area contributed by atoms with Gasteiger partial charge in [-0.15, -0.1) is 0 Å². The zero-order chi connectivity index (χ0) is 19.4. The maximum atomic E-state index is 12.0. The Bertz CT molecular complexity index is 1060. The van der Waals surface area contributed by atoms with Gasteiger partial charge in [-0.25, -0.2) is 9.78 Å². The number of fused-ring (bicyclic) bond motifs is 1. The smallest absolute Gasteiger partial charge is 0.325 e. The van der Waals surface area contributed by atoms with E-state index in [2.05, 4.69) is 25.6 Å². The first-order chi connectivity index (χ1) is 12.9. The van der Waals surface area contributed by atoms with E-state index in [9.17, 15) is 14.4 Å². The lowest BCUT2D eigenvalue weighted by Crippen LogP contribution is -2.17. The van der Waals surface area contributed by atoms with E-state index in [1.165, 1.54) is 7.11 Å². The van der Waals surface area contributed by atoms with Crippen LogP contribution in [0.1, 0.15) is 12.8 Å². The maximum absolute atomic E-state index is 12.0. The van der Waals surface area contributed by atoms with Crippen LogP contribution in [0.15, 0.2) is 35.1 Å². The normalized spacial score (nSPS) is 10.6. The molecule has 0 aliphatic heterocycles. The van der Waals surface area contributed by atoms with Gasteiger partial charge in [0.2, 0.25) is 11.8 Å². The Morgan fingerprint density at radius 3 is 2.56 bits per heavy atom. The van der Waals surface area contributed by atoms with Gasteiger partial charge in [0.25, 0.3) is 0 Å². The number of carbonyl (C=O) groups excluding carboxylic acids is 2. The number of rotatable bonds is 6. The summed E-state index contributed by atoms with van der Waals surface area (Å²) < 4.78 is 5.04. The van der Waals surface area contributed by atoms with Crippen LogP contribution in [-0.4, -0.2) is 33.9 Å². The first kappa shape index (κ1) is 18.5. The Hall–Kier alpha value is -3.33. The first-order valence-electron chi connectivity index (χ1n) is 7.97. The second-order valence-electron chi connectivity index (χ2n) is 5.62. The second-order valence-corrected chi connectivity index (χ2v) is 6.02. The van der Waals surface area contributed by atoms with Crippen molar-refractivity contribution in [1.82, 2.24) is 15.0 Å². The number of hydrogen-bond acceptors (Lipinski definition) is 5. The Labute approximate surface area is 158 Å². The average Bonchev–Trinajstić information content (AvgIpc) is 2.99. The monoisotopic (exact) mass is 389 g/mol. The molecule has 0 saturated carbocycles. The highest BCUT2D eigenvalue weighted by Gasteiger charge is 2.10. The van der Waals surface area contributed by atoms with Gasteiger partial charge in [-0.1, -0.05) is 11.6 Å². The minimum absolute atomic E-state index is 0.0152. The molecule has 0 bridgehead atoms. The standard InChI is InChI=1S/C17H16ClN5O4/c1-27-12-4-2-9(8-10(12)18)19-14(24)6-7-15(25)21-13-5-3-11-16(22-13)23-17(26)20-11/h2-5,8H,6-7H2,1H3,(H,19,24)(H3,20,21,22,23,25,26). The third-order valence-electron chi connectivity index (χ3n) is 3.66. The Balaban J connectivity index is 1.52. The van der Waals surface area contributed by atoms with Crippen LogP contribution in [0.5, 0.6) is 5.75 Å². The first-order valence-corrected chi connectivity index (χ1v) is 8.34. The molecule has 9 nitrogen and oxygen atoms in total. The third kappa shape index (κ3) is 4.64. The van der Waals surface area contributed by atoms with Crippen LogP contribution < -0.4 is 21.1 Å². The van der Waals surface area contributed by atoms with Crippen LogP contribution in [0.4, 0.5) is 11.5 Å². The van der Waals surface area contributed by atoms with Crippen molar-refractivity contribution in [2.75, 3.05) is 17.7 Å². The van der Waals surface area contributed by atoms with Gasteiger partial charge in [0.05, 0.1) is 17.6 Å². The number of H-pyrrole nitrogens is 2. The molecule has 1 aromatic carbocycles. The van der Waals surface area contributed by atoms with Gasteiger partial charge in [0.1, 0.15) is 11.6 Å². The predicted molar refractivity (Wildman–Crippen MR) is 101 cm³/mol. The van der Waals surface area contributed by atoms with E-state index >= 15 is 0 Å². The number of ether oxygens (including phenoxy) is 1. The number of pyridine rings is 1. The van der Waals surface area contributed by atoms with Gasteiger partial charge in [0.15, 0.2) is 5.65 Å². The van der Waals surface area contributed by atoms with E-state index < -0.39 is 0 Å². The largest absolute Gasteiger partial charge is 0.495 e.